The Morgan fingerprint density at radius 1 is 1.12 bits per heavy atom. The number of esters is 1. The smallest absolute Gasteiger partial charge is 0.333 e. The second-order valence-corrected chi connectivity index (χ2v) is 5.85. The maximum Gasteiger partial charge on any atom is 0.333 e. The first-order valence-electron chi connectivity index (χ1n) is 5.41. The molecule has 16 heavy (non-hydrogen) atoms. The van der Waals surface area contributed by atoms with Gasteiger partial charge in [0.15, 0.2) is 0 Å². The van der Waals surface area contributed by atoms with Gasteiger partial charge in [0.05, 0.1) is 0 Å². The van der Waals surface area contributed by atoms with Gasteiger partial charge in [0.2, 0.25) is 0 Å². The van der Waals surface area contributed by atoms with E-state index in [0.29, 0.717) is 11.0 Å². The zero-order valence-electron chi connectivity index (χ0n) is 11.8. The summed E-state index contributed by atoms with van der Waals surface area (Å²) in [6.07, 6.45) is 1.94. The third-order valence-corrected chi connectivity index (χ3v) is 1.36. The molecule has 0 amide bonds. The van der Waals surface area contributed by atoms with Gasteiger partial charge in [-0.1, -0.05) is 33.4 Å². The van der Waals surface area contributed by atoms with Crippen molar-refractivity contribution in [3.63, 3.8) is 0 Å². The number of hydrogen-bond acceptors (Lipinski definition) is 2. The lowest BCUT2D eigenvalue weighted by atomic mass is 9.98. The molecule has 0 saturated heterocycles. The highest BCUT2D eigenvalue weighted by Gasteiger charge is 2.15. The predicted molar refractivity (Wildman–Crippen MR) is 70.3 cm³/mol. The van der Waals surface area contributed by atoms with Crippen molar-refractivity contribution >= 4 is 5.97 Å². The molecular formula is C14H26O2. The Bertz CT molecular complexity index is 249. The first-order chi connectivity index (χ1) is 6.89. The quantitative estimate of drug-likeness (QED) is 0.382. The molecule has 0 aromatic rings. The Labute approximate surface area is 100 Å². The summed E-state index contributed by atoms with van der Waals surface area (Å²) in [4.78, 5) is 10.8. The second-order valence-electron chi connectivity index (χ2n) is 5.85. The minimum atomic E-state index is -0.407. The lowest BCUT2D eigenvalue weighted by Crippen LogP contribution is -2.23. The van der Waals surface area contributed by atoms with Gasteiger partial charge < -0.3 is 4.74 Å². The van der Waals surface area contributed by atoms with Gasteiger partial charge in [-0.15, -0.1) is 6.58 Å². The van der Waals surface area contributed by atoms with E-state index < -0.39 is 5.60 Å². The Hall–Kier alpha value is -1.05. The maximum absolute atomic E-state index is 10.8. The van der Waals surface area contributed by atoms with Crippen LogP contribution in [0.3, 0.4) is 0 Å². The summed E-state index contributed by atoms with van der Waals surface area (Å²) in [7, 11) is 0. The molecule has 0 rings (SSSR count). The molecule has 0 aromatic heterocycles. The van der Waals surface area contributed by atoms with Gasteiger partial charge in [0.25, 0.3) is 0 Å². The summed E-state index contributed by atoms with van der Waals surface area (Å²) in [5.41, 5.74) is 0.339. The van der Waals surface area contributed by atoms with Crippen LogP contribution in [0.25, 0.3) is 0 Å². The van der Waals surface area contributed by atoms with Crippen LogP contribution >= 0.6 is 0 Å². The minimum Gasteiger partial charge on any atom is -0.457 e. The molecule has 2 nitrogen and oxygen atoms in total. The summed E-state index contributed by atoms with van der Waals surface area (Å²) in [5, 5.41) is 0. The van der Waals surface area contributed by atoms with Crippen molar-refractivity contribution in [1.82, 2.24) is 0 Å². The van der Waals surface area contributed by atoms with Crippen LogP contribution in [0.1, 0.15) is 48.5 Å². The molecule has 0 radical (unpaired) electrons. The lowest BCUT2D eigenvalue weighted by molar-refractivity contribution is -0.149. The van der Waals surface area contributed by atoms with Gasteiger partial charge in [-0.05, 0) is 33.1 Å². The van der Waals surface area contributed by atoms with Gasteiger partial charge in [0, 0.05) is 5.57 Å². The first kappa shape index (κ1) is 17.3. The van der Waals surface area contributed by atoms with E-state index in [2.05, 4.69) is 33.9 Å². The third kappa shape index (κ3) is 15.4. The molecule has 0 N–H and O–H groups in total. The molecular weight excluding hydrogens is 200 g/mol. The normalized spacial score (nSPS) is 10.9. The molecule has 0 unspecified atom stereocenters. The van der Waals surface area contributed by atoms with E-state index in [4.69, 9.17) is 4.74 Å². The number of rotatable bonds is 1. The summed E-state index contributed by atoms with van der Waals surface area (Å²) in [6, 6.07) is 0. The molecule has 2 heteroatoms. The molecule has 0 spiro atoms. The molecule has 0 fully saturated rings. The second kappa shape index (κ2) is 6.51. The third-order valence-electron chi connectivity index (χ3n) is 1.36. The molecule has 0 atom stereocenters. The highest BCUT2D eigenvalue weighted by Crippen LogP contribution is 2.12. The van der Waals surface area contributed by atoms with E-state index in [-0.39, 0.29) is 5.97 Å². The Balaban J connectivity index is 0. The molecule has 0 aromatic carbocycles. The summed E-state index contributed by atoms with van der Waals surface area (Å²) < 4.78 is 4.96. The summed E-state index contributed by atoms with van der Waals surface area (Å²) in [5.74, 6) is -0.326. The van der Waals surface area contributed by atoms with Gasteiger partial charge in [-0.25, -0.2) is 4.79 Å². The highest BCUT2D eigenvalue weighted by molar-refractivity contribution is 5.87. The number of carbonyl (C=O) groups is 1. The maximum atomic E-state index is 10.8. The fourth-order valence-corrected chi connectivity index (χ4v) is 0.365. The largest absolute Gasteiger partial charge is 0.457 e. The van der Waals surface area contributed by atoms with Crippen molar-refractivity contribution < 1.29 is 9.53 Å². The average molecular weight is 226 g/mol. The van der Waals surface area contributed by atoms with Crippen molar-refractivity contribution in [2.75, 3.05) is 0 Å². The number of hydrogen-bond donors (Lipinski definition) is 0. The van der Waals surface area contributed by atoms with Crippen molar-refractivity contribution in [3.05, 3.63) is 24.8 Å². The molecule has 0 aliphatic heterocycles. The Kier molecular flexibility index (Phi) is 7.06. The fourth-order valence-electron chi connectivity index (χ4n) is 0.365. The van der Waals surface area contributed by atoms with Gasteiger partial charge >= 0.3 is 5.97 Å². The standard InChI is InChI=1S/C8H14O2.C6H12/c1-6(2)7(9)10-8(3,4)5;1-5-6(2,3)4/h1H2,2-5H3;5H,1H2,2-4H3. The minimum absolute atomic E-state index is 0.306. The molecule has 0 bridgehead atoms. The zero-order valence-corrected chi connectivity index (χ0v) is 11.8. The van der Waals surface area contributed by atoms with Crippen molar-refractivity contribution in [1.29, 1.82) is 0 Å². The topological polar surface area (TPSA) is 26.3 Å². The van der Waals surface area contributed by atoms with Crippen LogP contribution in [0.4, 0.5) is 0 Å². The van der Waals surface area contributed by atoms with E-state index in [9.17, 15) is 4.79 Å². The zero-order chi connectivity index (χ0) is 13.6. The highest BCUT2D eigenvalue weighted by atomic mass is 16.6. The summed E-state index contributed by atoms with van der Waals surface area (Å²) in [6.45, 7) is 20.6. The van der Waals surface area contributed by atoms with Crippen LogP contribution < -0.4 is 0 Å². The lowest BCUT2D eigenvalue weighted by Gasteiger charge is -2.19. The Morgan fingerprint density at radius 3 is 1.50 bits per heavy atom. The van der Waals surface area contributed by atoms with Crippen molar-refractivity contribution in [2.45, 2.75) is 54.1 Å². The fraction of sp³-hybridized carbons (Fsp3) is 0.643. The van der Waals surface area contributed by atoms with Gasteiger partial charge in [-0.2, -0.15) is 0 Å². The molecule has 94 valence electrons. The van der Waals surface area contributed by atoms with Crippen LogP contribution in [-0.2, 0) is 9.53 Å². The van der Waals surface area contributed by atoms with E-state index in [1.807, 2.05) is 26.8 Å². The first-order valence-corrected chi connectivity index (χ1v) is 5.41. The monoisotopic (exact) mass is 226 g/mol. The van der Waals surface area contributed by atoms with Crippen molar-refractivity contribution in [3.8, 4) is 0 Å². The van der Waals surface area contributed by atoms with Gasteiger partial charge in [-0.3, -0.25) is 0 Å². The SMILES string of the molecule is C=C(C)C(=O)OC(C)(C)C.C=CC(C)(C)C. The average Bonchev–Trinajstić information content (AvgIpc) is 2.00. The summed E-state index contributed by atoms with van der Waals surface area (Å²) >= 11 is 0. The van der Waals surface area contributed by atoms with Gasteiger partial charge in [0.1, 0.15) is 5.60 Å². The van der Waals surface area contributed by atoms with E-state index in [0.717, 1.165) is 0 Å². The molecule has 0 aliphatic rings. The number of carbonyl (C=O) groups excluding carboxylic acids is 1. The van der Waals surface area contributed by atoms with Crippen LogP contribution in [0.15, 0.2) is 24.8 Å². The van der Waals surface area contributed by atoms with Crippen LogP contribution in [0.2, 0.25) is 0 Å². The molecule has 0 heterocycles. The van der Waals surface area contributed by atoms with Crippen LogP contribution in [0, 0.1) is 5.41 Å². The number of ether oxygens (including phenoxy) is 1. The van der Waals surface area contributed by atoms with Crippen LogP contribution in [-0.4, -0.2) is 11.6 Å². The van der Waals surface area contributed by atoms with E-state index in [1.54, 1.807) is 6.92 Å². The Morgan fingerprint density at radius 2 is 1.44 bits per heavy atom. The van der Waals surface area contributed by atoms with Crippen LogP contribution in [0.5, 0.6) is 0 Å². The molecule has 0 saturated carbocycles. The molecule has 0 aliphatic carbocycles. The predicted octanol–water partition coefficient (Wildman–Crippen LogP) is 4.12. The van der Waals surface area contributed by atoms with Crippen molar-refractivity contribution in [2.24, 2.45) is 5.41 Å². The van der Waals surface area contributed by atoms with E-state index in [1.165, 1.54) is 0 Å². The number of allylic oxidation sites excluding steroid dienone is 1. The van der Waals surface area contributed by atoms with E-state index >= 15 is 0 Å².